The number of halogens is 2. The Morgan fingerprint density at radius 3 is 2.60 bits per heavy atom. The number of carboxylic acids is 1. The molecule has 4 nitrogen and oxygen atoms in total. The minimum atomic E-state index is -0.812. The minimum Gasteiger partial charge on any atom is -0.481 e. The largest absolute Gasteiger partial charge is 0.481 e. The van der Waals surface area contributed by atoms with E-state index in [4.69, 9.17) is 5.11 Å². The lowest BCUT2D eigenvalue weighted by Gasteiger charge is -2.31. The highest BCUT2D eigenvalue weighted by atomic mass is 79.9. The molecule has 1 aliphatic heterocycles. The van der Waals surface area contributed by atoms with E-state index in [1.54, 1.807) is 11.0 Å². The molecule has 1 amide bonds. The van der Waals surface area contributed by atoms with Crippen molar-refractivity contribution in [2.75, 3.05) is 13.1 Å². The fourth-order valence-corrected chi connectivity index (χ4v) is 2.78. The van der Waals surface area contributed by atoms with Crippen molar-refractivity contribution in [1.82, 2.24) is 4.90 Å². The first-order valence-corrected chi connectivity index (χ1v) is 7.23. The number of piperidine rings is 1. The maximum atomic E-state index is 13.7. The van der Waals surface area contributed by atoms with Crippen LogP contribution in [0.1, 0.15) is 29.6 Å². The molecule has 108 valence electrons. The van der Waals surface area contributed by atoms with Crippen LogP contribution in [-0.4, -0.2) is 35.0 Å². The third-order valence-corrected chi connectivity index (χ3v) is 4.02. The average molecular weight is 344 g/mol. The number of hydrogen-bond donors (Lipinski definition) is 1. The summed E-state index contributed by atoms with van der Waals surface area (Å²) in [5.41, 5.74) is 0.0519. The van der Waals surface area contributed by atoms with E-state index in [1.807, 2.05) is 0 Å². The van der Waals surface area contributed by atoms with Gasteiger partial charge in [-0.15, -0.1) is 0 Å². The molecule has 0 aliphatic carbocycles. The Morgan fingerprint density at radius 1 is 1.35 bits per heavy atom. The van der Waals surface area contributed by atoms with Gasteiger partial charge in [0.2, 0.25) is 0 Å². The Balaban J connectivity index is 2.01. The summed E-state index contributed by atoms with van der Waals surface area (Å²) in [5.74, 6) is -1.58. The molecule has 0 spiro atoms. The summed E-state index contributed by atoms with van der Waals surface area (Å²) in [6.07, 6.45) is 1.43. The molecule has 0 unspecified atom stereocenters. The summed E-state index contributed by atoms with van der Waals surface area (Å²) < 4.78 is 14.3. The molecule has 1 fully saturated rings. The van der Waals surface area contributed by atoms with Crippen molar-refractivity contribution in [1.29, 1.82) is 0 Å². The van der Waals surface area contributed by atoms with Crippen LogP contribution in [-0.2, 0) is 4.79 Å². The highest BCUT2D eigenvalue weighted by Gasteiger charge is 2.26. The van der Waals surface area contributed by atoms with Gasteiger partial charge in [-0.05, 0) is 37.0 Å². The van der Waals surface area contributed by atoms with Crippen LogP contribution in [0.15, 0.2) is 22.7 Å². The molecule has 0 saturated carbocycles. The van der Waals surface area contributed by atoms with Crippen molar-refractivity contribution >= 4 is 27.8 Å². The molecule has 0 bridgehead atoms. The molecule has 0 atom stereocenters. The van der Waals surface area contributed by atoms with Crippen LogP contribution in [0.3, 0.4) is 0 Å². The first kappa shape index (κ1) is 15.0. The summed E-state index contributed by atoms with van der Waals surface area (Å²) in [5, 5.41) is 8.75. The fourth-order valence-electron chi connectivity index (χ4n) is 2.42. The molecular formula is C14H15BrFNO3. The van der Waals surface area contributed by atoms with Gasteiger partial charge in [0.25, 0.3) is 5.91 Å². The number of aliphatic carboxylic acids is 1. The van der Waals surface area contributed by atoms with E-state index < -0.39 is 11.8 Å². The molecule has 0 aromatic heterocycles. The van der Waals surface area contributed by atoms with E-state index in [0.717, 1.165) is 0 Å². The zero-order chi connectivity index (χ0) is 14.7. The molecule has 1 aromatic carbocycles. The lowest BCUT2D eigenvalue weighted by atomic mass is 9.93. The zero-order valence-corrected chi connectivity index (χ0v) is 12.4. The second kappa shape index (κ2) is 6.35. The van der Waals surface area contributed by atoms with E-state index in [1.165, 1.54) is 12.1 Å². The maximum Gasteiger partial charge on any atom is 0.303 e. The van der Waals surface area contributed by atoms with Gasteiger partial charge in [0.15, 0.2) is 0 Å². The Hall–Kier alpha value is -1.43. The van der Waals surface area contributed by atoms with E-state index in [-0.39, 0.29) is 23.8 Å². The Bertz CT molecular complexity index is 527. The van der Waals surface area contributed by atoms with E-state index in [9.17, 15) is 14.0 Å². The quantitative estimate of drug-likeness (QED) is 0.917. The summed E-state index contributed by atoms with van der Waals surface area (Å²) in [6, 6.07) is 4.28. The van der Waals surface area contributed by atoms with Gasteiger partial charge in [0.05, 0.1) is 5.56 Å². The third-order valence-electron chi connectivity index (χ3n) is 3.52. The Labute approximate surface area is 124 Å². The van der Waals surface area contributed by atoms with Crippen LogP contribution >= 0.6 is 15.9 Å². The van der Waals surface area contributed by atoms with Crippen LogP contribution in [0.5, 0.6) is 0 Å². The van der Waals surface area contributed by atoms with Gasteiger partial charge < -0.3 is 10.0 Å². The van der Waals surface area contributed by atoms with Gasteiger partial charge >= 0.3 is 5.97 Å². The normalized spacial score (nSPS) is 16.2. The average Bonchev–Trinajstić information content (AvgIpc) is 2.41. The maximum absolute atomic E-state index is 13.7. The fraction of sp³-hybridized carbons (Fsp3) is 0.429. The molecule has 1 aromatic rings. The standard InChI is InChI=1S/C14H15BrFNO3/c15-10-1-2-12(16)11(8-10)14(20)17-5-3-9(4-6-17)7-13(18)19/h1-2,8-9H,3-7H2,(H,18,19). The number of carboxylic acid groups (broad SMARTS) is 1. The first-order chi connectivity index (χ1) is 9.47. The van der Waals surface area contributed by atoms with Crippen LogP contribution in [0, 0.1) is 11.7 Å². The smallest absolute Gasteiger partial charge is 0.303 e. The monoisotopic (exact) mass is 343 g/mol. The molecule has 1 heterocycles. The van der Waals surface area contributed by atoms with Gasteiger partial charge in [-0.1, -0.05) is 15.9 Å². The highest BCUT2D eigenvalue weighted by Crippen LogP contribution is 2.23. The number of benzene rings is 1. The summed E-state index contributed by atoms with van der Waals surface area (Å²) >= 11 is 3.22. The van der Waals surface area contributed by atoms with Crippen LogP contribution in [0.2, 0.25) is 0 Å². The second-order valence-electron chi connectivity index (χ2n) is 4.96. The summed E-state index contributed by atoms with van der Waals surface area (Å²) in [4.78, 5) is 24.5. The SMILES string of the molecule is O=C(O)CC1CCN(C(=O)c2cc(Br)ccc2F)CC1. The number of amides is 1. The third kappa shape index (κ3) is 3.56. The lowest BCUT2D eigenvalue weighted by Crippen LogP contribution is -2.39. The van der Waals surface area contributed by atoms with Crippen molar-refractivity contribution in [2.24, 2.45) is 5.92 Å². The van der Waals surface area contributed by atoms with Crippen molar-refractivity contribution in [2.45, 2.75) is 19.3 Å². The predicted molar refractivity (Wildman–Crippen MR) is 75.0 cm³/mol. The summed E-state index contributed by atoms with van der Waals surface area (Å²) in [7, 11) is 0. The van der Waals surface area contributed by atoms with E-state index in [2.05, 4.69) is 15.9 Å². The molecular weight excluding hydrogens is 329 g/mol. The van der Waals surface area contributed by atoms with Crippen LogP contribution in [0.4, 0.5) is 4.39 Å². The topological polar surface area (TPSA) is 57.6 Å². The number of likely N-dealkylation sites (tertiary alicyclic amines) is 1. The van der Waals surface area contributed by atoms with Crippen molar-refractivity contribution in [3.63, 3.8) is 0 Å². The Morgan fingerprint density at radius 2 is 2.00 bits per heavy atom. The molecule has 20 heavy (non-hydrogen) atoms. The number of carbonyl (C=O) groups is 2. The van der Waals surface area contributed by atoms with Gasteiger partial charge in [-0.2, -0.15) is 0 Å². The number of carbonyl (C=O) groups excluding carboxylic acids is 1. The second-order valence-corrected chi connectivity index (χ2v) is 5.87. The predicted octanol–water partition coefficient (Wildman–Crippen LogP) is 2.92. The molecule has 1 N–H and O–H groups in total. The molecule has 6 heteroatoms. The minimum absolute atomic E-state index is 0.0519. The van der Waals surface area contributed by atoms with Crippen LogP contribution < -0.4 is 0 Å². The number of hydrogen-bond acceptors (Lipinski definition) is 2. The van der Waals surface area contributed by atoms with Crippen LogP contribution in [0.25, 0.3) is 0 Å². The van der Waals surface area contributed by atoms with E-state index in [0.29, 0.717) is 30.4 Å². The Kier molecular flexibility index (Phi) is 4.75. The van der Waals surface area contributed by atoms with Gasteiger partial charge in [-0.25, -0.2) is 4.39 Å². The molecule has 0 radical (unpaired) electrons. The van der Waals surface area contributed by atoms with Gasteiger partial charge in [-0.3, -0.25) is 9.59 Å². The summed E-state index contributed by atoms with van der Waals surface area (Å²) in [6.45, 7) is 0.950. The van der Waals surface area contributed by atoms with Gasteiger partial charge in [0, 0.05) is 24.0 Å². The molecule has 2 rings (SSSR count). The lowest BCUT2D eigenvalue weighted by molar-refractivity contribution is -0.138. The van der Waals surface area contributed by atoms with Crippen molar-refractivity contribution < 1.29 is 19.1 Å². The number of nitrogens with zero attached hydrogens (tertiary/aromatic N) is 1. The van der Waals surface area contributed by atoms with Gasteiger partial charge in [0.1, 0.15) is 5.82 Å². The highest BCUT2D eigenvalue weighted by molar-refractivity contribution is 9.10. The zero-order valence-electron chi connectivity index (χ0n) is 10.8. The first-order valence-electron chi connectivity index (χ1n) is 6.43. The molecule has 1 aliphatic rings. The number of rotatable bonds is 3. The van der Waals surface area contributed by atoms with E-state index >= 15 is 0 Å². The van der Waals surface area contributed by atoms with Crippen molar-refractivity contribution in [3.8, 4) is 0 Å². The van der Waals surface area contributed by atoms with Crippen molar-refractivity contribution in [3.05, 3.63) is 34.1 Å². The molecule has 1 saturated heterocycles.